The molecule has 1 saturated heterocycles. The number of amides is 1. The number of carbonyl (C=O) groups excluding carboxylic acids is 1. The molecule has 1 amide bonds. The second-order valence-electron chi connectivity index (χ2n) is 6.45. The maximum atomic E-state index is 12.4. The van der Waals surface area contributed by atoms with Gasteiger partial charge in [0, 0.05) is 41.9 Å². The second-order valence-corrected chi connectivity index (χ2v) is 7.53. The number of nitrogens with zero attached hydrogens (tertiary/aromatic N) is 2. The van der Waals surface area contributed by atoms with Crippen molar-refractivity contribution in [2.24, 2.45) is 5.92 Å². The first-order valence-corrected chi connectivity index (χ1v) is 9.39. The van der Waals surface area contributed by atoms with Crippen molar-refractivity contribution < 1.29 is 9.53 Å². The van der Waals surface area contributed by atoms with Gasteiger partial charge in [0.05, 0.1) is 11.8 Å². The zero-order valence-corrected chi connectivity index (χ0v) is 14.3. The molecule has 1 N–H and O–H groups in total. The lowest BCUT2D eigenvalue weighted by atomic mass is 9.90. The average molecular weight is 343 g/mol. The summed E-state index contributed by atoms with van der Waals surface area (Å²) in [6.45, 7) is 1.47. The lowest BCUT2D eigenvalue weighted by molar-refractivity contribution is -0.125. The Hall–Kier alpha value is -1.79. The largest absolute Gasteiger partial charge is 0.376 e. The summed E-state index contributed by atoms with van der Waals surface area (Å²) < 4.78 is 5.57. The van der Waals surface area contributed by atoms with E-state index in [-0.39, 0.29) is 17.9 Å². The zero-order chi connectivity index (χ0) is 16.4. The molecule has 126 valence electrons. The van der Waals surface area contributed by atoms with E-state index in [9.17, 15) is 4.79 Å². The van der Waals surface area contributed by atoms with Crippen molar-refractivity contribution in [2.75, 3.05) is 13.2 Å². The van der Waals surface area contributed by atoms with E-state index < -0.39 is 0 Å². The minimum Gasteiger partial charge on any atom is -0.376 e. The molecule has 3 heterocycles. The smallest absolute Gasteiger partial charge is 0.223 e. The minimum absolute atomic E-state index is 0.0566. The van der Waals surface area contributed by atoms with Crippen LogP contribution in [0, 0.1) is 5.92 Å². The molecule has 2 aliphatic rings. The van der Waals surface area contributed by atoms with Gasteiger partial charge >= 0.3 is 0 Å². The molecule has 2 unspecified atom stereocenters. The van der Waals surface area contributed by atoms with Gasteiger partial charge in [0.15, 0.2) is 0 Å². The van der Waals surface area contributed by atoms with Crippen LogP contribution < -0.4 is 5.32 Å². The number of hydrogen-bond acceptors (Lipinski definition) is 5. The number of nitrogens with one attached hydrogen (secondary N) is 1. The molecule has 24 heavy (non-hydrogen) atoms. The maximum absolute atomic E-state index is 12.4. The first-order chi connectivity index (χ1) is 11.8. The van der Waals surface area contributed by atoms with Crippen LogP contribution >= 0.6 is 11.3 Å². The van der Waals surface area contributed by atoms with Crippen LogP contribution in [0.15, 0.2) is 24.5 Å². The van der Waals surface area contributed by atoms with E-state index >= 15 is 0 Å². The summed E-state index contributed by atoms with van der Waals surface area (Å²) in [6, 6.07) is 3.96. The molecule has 6 heteroatoms. The molecule has 5 nitrogen and oxygen atoms in total. The average Bonchev–Trinajstić information content (AvgIpc) is 3.29. The van der Waals surface area contributed by atoms with Crippen molar-refractivity contribution in [2.45, 2.75) is 38.2 Å². The van der Waals surface area contributed by atoms with Gasteiger partial charge in [-0.1, -0.05) is 0 Å². The lowest BCUT2D eigenvalue weighted by Crippen LogP contribution is -2.38. The van der Waals surface area contributed by atoms with E-state index in [2.05, 4.69) is 10.3 Å². The molecule has 2 aromatic rings. The van der Waals surface area contributed by atoms with E-state index in [0.717, 1.165) is 55.0 Å². The lowest BCUT2D eigenvalue weighted by Gasteiger charge is -2.21. The van der Waals surface area contributed by atoms with E-state index in [1.807, 2.05) is 18.3 Å². The third-order valence-corrected chi connectivity index (χ3v) is 5.92. The fraction of sp³-hybridized carbons (Fsp3) is 0.500. The van der Waals surface area contributed by atoms with Crippen LogP contribution in [0.4, 0.5) is 0 Å². The van der Waals surface area contributed by atoms with Crippen molar-refractivity contribution in [3.63, 3.8) is 0 Å². The van der Waals surface area contributed by atoms with Crippen molar-refractivity contribution in [3.8, 4) is 10.6 Å². The number of rotatable bonds is 4. The first-order valence-electron chi connectivity index (χ1n) is 8.58. The molecule has 1 aliphatic carbocycles. The summed E-state index contributed by atoms with van der Waals surface area (Å²) in [6.07, 6.45) is 8.52. The van der Waals surface area contributed by atoms with Crippen LogP contribution in [0.2, 0.25) is 0 Å². The Labute approximate surface area is 145 Å². The molecule has 0 aromatic carbocycles. The van der Waals surface area contributed by atoms with Crippen LogP contribution in [0.25, 0.3) is 10.6 Å². The number of hydrogen-bond donors (Lipinski definition) is 1. The number of ether oxygens (including phenoxy) is 1. The Morgan fingerprint density at radius 1 is 1.42 bits per heavy atom. The van der Waals surface area contributed by atoms with Gasteiger partial charge in [0.2, 0.25) is 5.91 Å². The monoisotopic (exact) mass is 343 g/mol. The standard InChI is InChI=1S/C18H21N3O2S/c22-17(20-11-14-4-2-8-23-14)12-5-6-15-16(9-12)24-18(21-15)13-3-1-7-19-10-13/h1,3,7,10,12,14H,2,4-6,8-9,11H2,(H,20,22). The number of pyridine rings is 1. The predicted molar refractivity (Wildman–Crippen MR) is 92.8 cm³/mol. The SMILES string of the molecule is O=C(NCC1CCCO1)C1CCc2nc(-c3cccnc3)sc2C1. The van der Waals surface area contributed by atoms with Crippen molar-refractivity contribution >= 4 is 17.2 Å². The normalized spacial score (nSPS) is 23.0. The Bertz CT molecular complexity index is 710. The van der Waals surface area contributed by atoms with Gasteiger partial charge in [0.25, 0.3) is 0 Å². The number of fused-ring (bicyclic) bond motifs is 1. The van der Waals surface area contributed by atoms with Crippen LogP contribution in [0.5, 0.6) is 0 Å². The van der Waals surface area contributed by atoms with Gasteiger partial charge in [-0.05, 0) is 44.2 Å². The van der Waals surface area contributed by atoms with Crippen LogP contribution in [-0.4, -0.2) is 35.1 Å². The number of aryl methyl sites for hydroxylation is 1. The predicted octanol–water partition coefficient (Wildman–Crippen LogP) is 2.61. The fourth-order valence-electron chi connectivity index (χ4n) is 3.38. The van der Waals surface area contributed by atoms with E-state index in [1.54, 1.807) is 17.5 Å². The van der Waals surface area contributed by atoms with Gasteiger partial charge in [-0.25, -0.2) is 4.98 Å². The highest BCUT2D eigenvalue weighted by molar-refractivity contribution is 7.15. The van der Waals surface area contributed by atoms with Gasteiger partial charge < -0.3 is 10.1 Å². The number of thiazole rings is 1. The van der Waals surface area contributed by atoms with E-state index in [0.29, 0.717) is 6.54 Å². The summed E-state index contributed by atoms with van der Waals surface area (Å²) in [5.41, 5.74) is 2.21. The van der Waals surface area contributed by atoms with Gasteiger partial charge in [-0.3, -0.25) is 9.78 Å². The Morgan fingerprint density at radius 2 is 2.38 bits per heavy atom. The Balaban J connectivity index is 1.40. The highest BCUT2D eigenvalue weighted by Crippen LogP contribution is 2.34. The van der Waals surface area contributed by atoms with Crippen molar-refractivity contribution in [3.05, 3.63) is 35.1 Å². The van der Waals surface area contributed by atoms with Crippen LogP contribution in [-0.2, 0) is 22.4 Å². The van der Waals surface area contributed by atoms with E-state index in [4.69, 9.17) is 9.72 Å². The Kier molecular flexibility index (Phi) is 4.58. The third kappa shape index (κ3) is 3.35. The molecule has 1 aliphatic heterocycles. The number of carbonyl (C=O) groups is 1. The second kappa shape index (κ2) is 6.99. The molecule has 2 atom stereocenters. The third-order valence-electron chi connectivity index (χ3n) is 4.75. The molecule has 0 bridgehead atoms. The fourth-order valence-corrected chi connectivity index (χ4v) is 4.55. The Morgan fingerprint density at radius 3 is 3.17 bits per heavy atom. The van der Waals surface area contributed by atoms with Crippen LogP contribution in [0.1, 0.15) is 29.8 Å². The molecule has 0 radical (unpaired) electrons. The highest BCUT2D eigenvalue weighted by Gasteiger charge is 2.28. The van der Waals surface area contributed by atoms with Gasteiger partial charge in [-0.15, -0.1) is 11.3 Å². The van der Waals surface area contributed by atoms with Crippen molar-refractivity contribution in [1.82, 2.24) is 15.3 Å². The maximum Gasteiger partial charge on any atom is 0.223 e. The summed E-state index contributed by atoms with van der Waals surface area (Å²) >= 11 is 1.70. The van der Waals surface area contributed by atoms with Gasteiger partial charge in [-0.2, -0.15) is 0 Å². The highest BCUT2D eigenvalue weighted by atomic mass is 32.1. The van der Waals surface area contributed by atoms with E-state index in [1.165, 1.54) is 4.88 Å². The zero-order valence-electron chi connectivity index (χ0n) is 13.5. The minimum atomic E-state index is 0.0566. The summed E-state index contributed by atoms with van der Waals surface area (Å²) in [5, 5.41) is 4.08. The molecule has 1 fully saturated rings. The molecule has 4 rings (SSSR count). The number of aromatic nitrogens is 2. The molecular formula is C18H21N3O2S. The van der Waals surface area contributed by atoms with Crippen LogP contribution in [0.3, 0.4) is 0 Å². The first kappa shape index (κ1) is 15.7. The molecule has 0 saturated carbocycles. The summed E-state index contributed by atoms with van der Waals surface area (Å²) in [4.78, 5) is 22.6. The summed E-state index contributed by atoms with van der Waals surface area (Å²) in [5.74, 6) is 0.216. The molecule has 0 spiro atoms. The topological polar surface area (TPSA) is 64.1 Å². The molecular weight excluding hydrogens is 322 g/mol. The quantitative estimate of drug-likeness (QED) is 0.927. The van der Waals surface area contributed by atoms with Gasteiger partial charge in [0.1, 0.15) is 5.01 Å². The van der Waals surface area contributed by atoms with Crippen molar-refractivity contribution in [1.29, 1.82) is 0 Å². The summed E-state index contributed by atoms with van der Waals surface area (Å²) in [7, 11) is 0. The molecule has 2 aromatic heterocycles.